The van der Waals surface area contributed by atoms with Crippen LogP contribution in [0.3, 0.4) is 0 Å². The maximum absolute atomic E-state index is 11.6. The van der Waals surface area contributed by atoms with Crippen molar-refractivity contribution in [3.63, 3.8) is 0 Å². The second kappa shape index (κ2) is 7.46. The molecule has 21 heavy (non-hydrogen) atoms. The van der Waals surface area contributed by atoms with Crippen molar-refractivity contribution in [3.05, 3.63) is 29.3 Å². The van der Waals surface area contributed by atoms with Gasteiger partial charge in [-0.15, -0.1) is 0 Å². The molecule has 0 bridgehead atoms. The Kier molecular flexibility index (Phi) is 5.62. The molecule has 1 aromatic carbocycles. The van der Waals surface area contributed by atoms with Gasteiger partial charge >= 0.3 is 6.03 Å². The molecule has 3 N–H and O–H groups in total. The van der Waals surface area contributed by atoms with Crippen LogP contribution in [0.4, 0.5) is 10.5 Å². The number of nitrogens with two attached hydrogens (primary N) is 1. The van der Waals surface area contributed by atoms with Gasteiger partial charge in [0.2, 0.25) is 0 Å². The number of fused-ring (bicyclic) bond motifs is 1. The fourth-order valence-electron chi connectivity index (χ4n) is 2.77. The Morgan fingerprint density at radius 1 is 1.29 bits per heavy atom. The molecule has 2 rings (SSSR count). The number of nitrogens with zero attached hydrogens (tertiary/aromatic N) is 1. The van der Waals surface area contributed by atoms with E-state index in [0.717, 1.165) is 17.7 Å². The van der Waals surface area contributed by atoms with Crippen molar-refractivity contribution in [2.24, 2.45) is 5.73 Å². The normalized spacial score (nSPS) is 15.6. The van der Waals surface area contributed by atoms with Gasteiger partial charge in [0.1, 0.15) is 0 Å². The van der Waals surface area contributed by atoms with Crippen LogP contribution in [0.25, 0.3) is 0 Å². The van der Waals surface area contributed by atoms with E-state index in [0.29, 0.717) is 6.54 Å². The van der Waals surface area contributed by atoms with E-state index in [9.17, 15) is 4.79 Å². The SMILES string of the molecule is CCCCCCCC(N)c1ccc2c(c1)CN(C)C(=O)N2. The molecule has 0 aliphatic carbocycles. The maximum atomic E-state index is 11.6. The Bertz CT molecular complexity index is 487. The summed E-state index contributed by atoms with van der Waals surface area (Å²) in [5.74, 6) is 0. The first-order valence-corrected chi connectivity index (χ1v) is 8.02. The van der Waals surface area contributed by atoms with Crippen LogP contribution in [0.5, 0.6) is 0 Å². The van der Waals surface area contributed by atoms with Gasteiger partial charge in [-0.2, -0.15) is 0 Å². The van der Waals surface area contributed by atoms with Gasteiger partial charge in [0.25, 0.3) is 0 Å². The molecule has 0 aromatic heterocycles. The molecule has 0 radical (unpaired) electrons. The number of carbonyl (C=O) groups excluding carboxylic acids is 1. The van der Waals surface area contributed by atoms with Crippen LogP contribution < -0.4 is 11.1 Å². The number of carbonyl (C=O) groups is 1. The van der Waals surface area contributed by atoms with E-state index in [-0.39, 0.29) is 12.1 Å². The molecule has 0 spiro atoms. The van der Waals surface area contributed by atoms with Gasteiger partial charge < -0.3 is 16.0 Å². The van der Waals surface area contributed by atoms with E-state index in [1.54, 1.807) is 11.9 Å². The fourth-order valence-corrected chi connectivity index (χ4v) is 2.77. The zero-order valence-corrected chi connectivity index (χ0v) is 13.2. The minimum atomic E-state index is -0.0459. The number of rotatable bonds is 7. The maximum Gasteiger partial charge on any atom is 0.321 e. The molecule has 1 aliphatic heterocycles. The van der Waals surface area contributed by atoms with E-state index < -0.39 is 0 Å². The number of amides is 2. The van der Waals surface area contributed by atoms with E-state index >= 15 is 0 Å². The topological polar surface area (TPSA) is 58.4 Å². The van der Waals surface area contributed by atoms with Crippen molar-refractivity contribution in [3.8, 4) is 0 Å². The molecule has 0 saturated carbocycles. The summed E-state index contributed by atoms with van der Waals surface area (Å²) >= 11 is 0. The Morgan fingerprint density at radius 2 is 2.05 bits per heavy atom. The molecule has 2 amide bonds. The highest BCUT2D eigenvalue weighted by atomic mass is 16.2. The van der Waals surface area contributed by atoms with Crippen LogP contribution in [0.1, 0.15) is 62.6 Å². The Hall–Kier alpha value is -1.55. The highest BCUT2D eigenvalue weighted by Crippen LogP contribution is 2.27. The number of hydrogen-bond donors (Lipinski definition) is 2. The summed E-state index contributed by atoms with van der Waals surface area (Å²) in [5, 5.41) is 2.89. The van der Waals surface area contributed by atoms with Crippen LogP contribution in [0.15, 0.2) is 18.2 Å². The average Bonchev–Trinajstić information content (AvgIpc) is 2.47. The van der Waals surface area contributed by atoms with E-state index in [4.69, 9.17) is 5.73 Å². The Balaban J connectivity index is 1.92. The number of unbranched alkanes of at least 4 members (excludes halogenated alkanes) is 4. The molecular weight excluding hydrogens is 262 g/mol. The summed E-state index contributed by atoms with van der Waals surface area (Å²) in [7, 11) is 1.80. The van der Waals surface area contributed by atoms with Crippen LogP contribution >= 0.6 is 0 Å². The van der Waals surface area contributed by atoms with Crippen molar-refractivity contribution in [1.82, 2.24) is 4.90 Å². The monoisotopic (exact) mass is 289 g/mol. The molecule has 1 aliphatic rings. The molecule has 1 heterocycles. The van der Waals surface area contributed by atoms with Gasteiger partial charge in [0, 0.05) is 25.3 Å². The lowest BCUT2D eigenvalue weighted by atomic mass is 9.97. The molecule has 0 fully saturated rings. The van der Waals surface area contributed by atoms with Gasteiger partial charge in [0.05, 0.1) is 0 Å². The van der Waals surface area contributed by atoms with Gasteiger partial charge in [-0.1, -0.05) is 51.2 Å². The number of urea groups is 1. The number of nitrogens with one attached hydrogen (secondary N) is 1. The number of anilines is 1. The minimum absolute atomic E-state index is 0.0459. The van der Waals surface area contributed by atoms with Crippen molar-refractivity contribution < 1.29 is 4.79 Å². The smallest absolute Gasteiger partial charge is 0.321 e. The van der Waals surface area contributed by atoms with Crippen molar-refractivity contribution in [2.45, 2.75) is 58.0 Å². The van der Waals surface area contributed by atoms with E-state index in [1.165, 1.54) is 37.7 Å². The molecule has 4 heteroatoms. The predicted molar refractivity (Wildman–Crippen MR) is 87.2 cm³/mol. The molecule has 116 valence electrons. The quantitative estimate of drug-likeness (QED) is 0.745. The summed E-state index contributed by atoms with van der Waals surface area (Å²) in [6, 6.07) is 6.21. The summed E-state index contributed by atoms with van der Waals surface area (Å²) in [5.41, 5.74) is 9.54. The van der Waals surface area contributed by atoms with Gasteiger partial charge in [-0.05, 0) is 23.6 Å². The third kappa shape index (κ3) is 4.21. The van der Waals surface area contributed by atoms with Crippen LogP contribution in [0, 0.1) is 0 Å². The lowest BCUT2D eigenvalue weighted by Gasteiger charge is -2.27. The Morgan fingerprint density at radius 3 is 2.81 bits per heavy atom. The Labute approximate surface area is 127 Å². The highest BCUT2D eigenvalue weighted by Gasteiger charge is 2.20. The average molecular weight is 289 g/mol. The van der Waals surface area contributed by atoms with Crippen LogP contribution in [-0.2, 0) is 6.54 Å². The number of benzene rings is 1. The minimum Gasteiger partial charge on any atom is -0.324 e. The van der Waals surface area contributed by atoms with Crippen LogP contribution in [-0.4, -0.2) is 18.0 Å². The third-order valence-electron chi connectivity index (χ3n) is 4.17. The first-order valence-electron chi connectivity index (χ1n) is 8.02. The first kappa shape index (κ1) is 15.8. The molecule has 1 atom stereocenters. The van der Waals surface area contributed by atoms with Gasteiger partial charge in [-0.25, -0.2) is 4.79 Å². The standard InChI is InChI=1S/C17H27N3O/c1-3-4-5-6-7-8-15(18)13-9-10-16-14(11-13)12-20(2)17(21)19-16/h9-11,15H,3-8,12,18H2,1-2H3,(H,19,21). The summed E-state index contributed by atoms with van der Waals surface area (Å²) in [6.07, 6.45) is 7.39. The molecule has 4 nitrogen and oxygen atoms in total. The summed E-state index contributed by atoms with van der Waals surface area (Å²) in [6.45, 7) is 2.88. The summed E-state index contributed by atoms with van der Waals surface area (Å²) < 4.78 is 0. The molecule has 1 aromatic rings. The first-order chi connectivity index (χ1) is 10.1. The number of hydrogen-bond acceptors (Lipinski definition) is 2. The largest absolute Gasteiger partial charge is 0.324 e. The van der Waals surface area contributed by atoms with E-state index in [1.807, 2.05) is 12.1 Å². The van der Waals surface area contributed by atoms with Crippen molar-refractivity contribution >= 4 is 11.7 Å². The molecule has 1 unspecified atom stereocenters. The fraction of sp³-hybridized carbons (Fsp3) is 0.588. The zero-order chi connectivity index (χ0) is 15.2. The van der Waals surface area contributed by atoms with Crippen LogP contribution in [0.2, 0.25) is 0 Å². The van der Waals surface area contributed by atoms with Gasteiger partial charge in [-0.3, -0.25) is 0 Å². The second-order valence-corrected chi connectivity index (χ2v) is 6.01. The lowest BCUT2D eigenvalue weighted by molar-refractivity contribution is 0.218. The summed E-state index contributed by atoms with van der Waals surface area (Å²) in [4.78, 5) is 13.3. The van der Waals surface area contributed by atoms with Crippen molar-refractivity contribution in [1.29, 1.82) is 0 Å². The second-order valence-electron chi connectivity index (χ2n) is 6.01. The highest BCUT2D eigenvalue weighted by molar-refractivity contribution is 5.92. The third-order valence-corrected chi connectivity index (χ3v) is 4.17. The zero-order valence-electron chi connectivity index (χ0n) is 13.2. The van der Waals surface area contributed by atoms with Gasteiger partial charge in [0.15, 0.2) is 0 Å². The predicted octanol–water partition coefficient (Wildman–Crippen LogP) is 4.02. The van der Waals surface area contributed by atoms with Crippen molar-refractivity contribution in [2.75, 3.05) is 12.4 Å². The van der Waals surface area contributed by atoms with E-state index in [2.05, 4.69) is 18.3 Å². The lowest BCUT2D eigenvalue weighted by Crippen LogP contribution is -2.35. The molecule has 0 saturated heterocycles. The molecular formula is C17H27N3O.